The number of hydrogen-bond acceptors (Lipinski definition) is 7. The minimum absolute atomic E-state index is 0.0131. The normalized spacial score (nSPS) is 18.7. The standard InChI is InChI=1S/C17H15N5O5S/c1-20-15-14(16(24)21(2)17(20)25)12(6-7-18-15)28-9-13(23)19-10-4-3-5-11(8-10)22(26)27/h3-8,14H,9H2,1-2H3/p+1. The minimum atomic E-state index is -0.742. The van der Waals surface area contributed by atoms with Crippen molar-refractivity contribution in [3.8, 4) is 0 Å². The van der Waals surface area contributed by atoms with Gasteiger partial charge in [0, 0.05) is 22.7 Å². The van der Waals surface area contributed by atoms with E-state index in [1.54, 1.807) is 12.1 Å². The van der Waals surface area contributed by atoms with Crippen molar-refractivity contribution >= 4 is 53.0 Å². The number of amidine groups is 1. The zero-order chi connectivity index (χ0) is 20.4. The van der Waals surface area contributed by atoms with E-state index >= 15 is 0 Å². The number of urea groups is 1. The van der Waals surface area contributed by atoms with Gasteiger partial charge in [0.05, 0.1) is 24.8 Å². The van der Waals surface area contributed by atoms with E-state index in [-0.39, 0.29) is 17.3 Å². The number of aliphatic imine (C=N–C) groups is 1. The summed E-state index contributed by atoms with van der Waals surface area (Å²) < 4.78 is 1.30. The number of allylic oxidation sites excluding steroid dienone is 1. The quantitative estimate of drug-likeness (QED) is 0.452. The second-order valence-electron chi connectivity index (χ2n) is 6.02. The van der Waals surface area contributed by atoms with Crippen LogP contribution in [-0.2, 0) is 9.59 Å². The molecule has 11 heteroatoms. The van der Waals surface area contributed by atoms with Crippen molar-refractivity contribution in [2.45, 2.75) is 0 Å². The molecule has 1 aromatic carbocycles. The Morgan fingerprint density at radius 1 is 1.43 bits per heavy atom. The van der Waals surface area contributed by atoms with Crippen LogP contribution in [0.3, 0.4) is 0 Å². The Morgan fingerprint density at radius 3 is 2.89 bits per heavy atom. The molecular weight excluding hydrogens is 386 g/mol. The summed E-state index contributed by atoms with van der Waals surface area (Å²) in [5.74, 6) is -1.23. The molecule has 3 rings (SSSR count). The summed E-state index contributed by atoms with van der Waals surface area (Å²) in [5, 5.41) is 13.4. The number of amides is 4. The van der Waals surface area contributed by atoms with Crippen LogP contribution < -0.4 is 5.32 Å². The van der Waals surface area contributed by atoms with Gasteiger partial charge in [-0.25, -0.2) is 4.79 Å². The highest BCUT2D eigenvalue weighted by Gasteiger charge is 2.47. The largest absolute Gasteiger partial charge is 0.445 e. The van der Waals surface area contributed by atoms with Gasteiger partial charge in [-0.05, 0) is 12.1 Å². The number of nitrogens with zero attached hydrogens (tertiary/aromatic N) is 4. The van der Waals surface area contributed by atoms with Gasteiger partial charge in [-0.1, -0.05) is 6.07 Å². The summed E-state index contributed by atoms with van der Waals surface area (Å²) in [7, 11) is 2.93. The van der Waals surface area contributed by atoms with Crippen molar-refractivity contribution < 1.29 is 23.9 Å². The van der Waals surface area contributed by atoms with Crippen LogP contribution in [0.1, 0.15) is 0 Å². The maximum Gasteiger partial charge on any atom is 0.445 e. The number of carbonyl (C=O) groups excluding carboxylic acids is 3. The number of thioether (sulfide) groups is 1. The van der Waals surface area contributed by atoms with Crippen LogP contribution in [0.4, 0.5) is 16.2 Å². The smallest absolute Gasteiger partial charge is 0.325 e. The predicted molar refractivity (Wildman–Crippen MR) is 104 cm³/mol. The lowest BCUT2D eigenvalue weighted by molar-refractivity contribution is -0.407. The lowest BCUT2D eigenvalue weighted by Crippen LogP contribution is -2.52. The van der Waals surface area contributed by atoms with Crippen LogP contribution >= 0.6 is 11.8 Å². The molecule has 0 saturated heterocycles. The number of nitrogens with one attached hydrogen (secondary N) is 1. The summed E-state index contributed by atoms with van der Waals surface area (Å²) in [6, 6.07) is 5.15. The Kier molecular flexibility index (Phi) is 5.36. The molecule has 4 amide bonds. The number of imide groups is 1. The Bertz CT molecular complexity index is 984. The first-order chi connectivity index (χ1) is 13.3. The van der Waals surface area contributed by atoms with Crippen molar-refractivity contribution in [2.75, 3.05) is 25.2 Å². The highest BCUT2D eigenvalue weighted by Crippen LogP contribution is 2.31. The van der Waals surface area contributed by atoms with Gasteiger partial charge in [-0.15, -0.1) is 16.8 Å². The van der Waals surface area contributed by atoms with Gasteiger partial charge in [0.1, 0.15) is 6.21 Å². The molecule has 1 aromatic rings. The second-order valence-corrected chi connectivity index (χ2v) is 7.07. The summed E-state index contributed by atoms with van der Waals surface area (Å²) in [6.45, 7) is 0. The number of fused-ring (bicyclic) bond motifs is 1. The minimum Gasteiger partial charge on any atom is -0.325 e. The molecule has 0 saturated carbocycles. The van der Waals surface area contributed by atoms with Crippen LogP contribution in [0.2, 0.25) is 0 Å². The molecule has 0 radical (unpaired) electrons. The number of benzene rings is 1. The van der Waals surface area contributed by atoms with E-state index < -0.39 is 22.8 Å². The number of hydrogen-bond donors (Lipinski definition) is 1. The summed E-state index contributed by atoms with van der Waals surface area (Å²) in [5.41, 5.74) is 0.185. The third-order valence-corrected chi connectivity index (χ3v) is 5.31. The fourth-order valence-corrected chi connectivity index (χ4v) is 3.68. The zero-order valence-electron chi connectivity index (χ0n) is 15.0. The third kappa shape index (κ3) is 3.69. The number of carbonyl (C=O) groups is 3. The fourth-order valence-electron chi connectivity index (χ4n) is 2.78. The molecular formula is C17H16N5O5S+. The highest BCUT2D eigenvalue weighted by molar-refractivity contribution is 8.03. The van der Waals surface area contributed by atoms with Crippen LogP contribution in [0.25, 0.3) is 0 Å². The Labute approximate surface area is 163 Å². The van der Waals surface area contributed by atoms with E-state index in [1.807, 2.05) is 0 Å². The molecule has 2 heterocycles. The first kappa shape index (κ1) is 19.4. The van der Waals surface area contributed by atoms with Gasteiger partial charge in [-0.2, -0.15) is 9.48 Å². The molecule has 28 heavy (non-hydrogen) atoms. The Hall–Kier alpha value is -3.34. The van der Waals surface area contributed by atoms with E-state index in [2.05, 4.69) is 10.3 Å². The van der Waals surface area contributed by atoms with Gasteiger partial charge >= 0.3 is 11.9 Å². The fraction of sp³-hybridized carbons (Fsp3) is 0.235. The predicted octanol–water partition coefficient (Wildman–Crippen LogP) is 1.48. The zero-order valence-corrected chi connectivity index (χ0v) is 15.8. The van der Waals surface area contributed by atoms with Crippen molar-refractivity contribution in [2.24, 2.45) is 10.9 Å². The molecule has 2 aliphatic heterocycles. The van der Waals surface area contributed by atoms with Gasteiger partial charge in [0.25, 0.3) is 11.5 Å². The maximum atomic E-state index is 12.5. The molecule has 2 aliphatic rings. The molecule has 0 spiro atoms. The highest BCUT2D eigenvalue weighted by atomic mass is 32.2. The number of non-ortho nitro benzene ring substituents is 1. The maximum absolute atomic E-state index is 12.5. The number of nitro groups is 1. The molecule has 0 aromatic heterocycles. The summed E-state index contributed by atoms with van der Waals surface area (Å²) in [6.07, 6.45) is 3.11. The second kappa shape index (κ2) is 7.72. The summed E-state index contributed by atoms with van der Waals surface area (Å²) >= 11 is 1.15. The first-order valence-corrected chi connectivity index (χ1v) is 9.11. The molecule has 144 valence electrons. The van der Waals surface area contributed by atoms with Crippen molar-refractivity contribution in [1.82, 2.24) is 4.90 Å². The van der Waals surface area contributed by atoms with Crippen LogP contribution in [0.15, 0.2) is 40.2 Å². The van der Waals surface area contributed by atoms with Gasteiger partial charge in [0.2, 0.25) is 5.91 Å². The number of nitro benzene ring substituents is 1. The molecule has 1 unspecified atom stereocenters. The lowest BCUT2D eigenvalue weighted by atomic mass is 10.0. The van der Waals surface area contributed by atoms with Gasteiger partial charge in [0.15, 0.2) is 5.92 Å². The molecule has 0 bridgehead atoms. The molecule has 0 aliphatic carbocycles. The van der Waals surface area contributed by atoms with Crippen molar-refractivity contribution in [3.63, 3.8) is 0 Å². The van der Waals surface area contributed by atoms with Crippen molar-refractivity contribution in [1.29, 1.82) is 0 Å². The van der Waals surface area contributed by atoms with Crippen LogP contribution in [0.5, 0.6) is 0 Å². The topological polar surface area (TPSA) is 125 Å². The first-order valence-electron chi connectivity index (χ1n) is 8.13. The van der Waals surface area contributed by atoms with E-state index in [0.29, 0.717) is 16.4 Å². The van der Waals surface area contributed by atoms with E-state index in [4.69, 9.17) is 0 Å². The average Bonchev–Trinajstić information content (AvgIpc) is 2.69. The summed E-state index contributed by atoms with van der Waals surface area (Å²) in [4.78, 5) is 52.8. The number of dihydropyridines is 1. The number of anilines is 1. The van der Waals surface area contributed by atoms with Crippen molar-refractivity contribution in [3.05, 3.63) is 45.4 Å². The molecule has 1 atom stereocenters. The Balaban J connectivity index is 1.70. The van der Waals surface area contributed by atoms with Crippen LogP contribution in [-0.4, -0.2) is 64.1 Å². The average molecular weight is 402 g/mol. The lowest BCUT2D eigenvalue weighted by Gasteiger charge is -2.26. The molecule has 0 fully saturated rings. The van der Waals surface area contributed by atoms with Gasteiger partial charge in [-0.3, -0.25) is 19.7 Å². The molecule has 1 N–H and O–H groups in total. The van der Waals surface area contributed by atoms with E-state index in [9.17, 15) is 24.5 Å². The van der Waals surface area contributed by atoms with Gasteiger partial charge < -0.3 is 5.32 Å². The molecule has 10 nitrogen and oxygen atoms in total. The monoisotopic (exact) mass is 402 g/mol. The SMILES string of the molecule is CN1C(=O)C2C(SCC(=O)Nc3cccc([N+](=O)[O-])c3)=CC=NC2=[N+](C)C1=O. The van der Waals surface area contributed by atoms with Crippen LogP contribution in [0, 0.1) is 16.0 Å². The third-order valence-electron chi connectivity index (χ3n) is 4.19. The Morgan fingerprint density at radius 2 is 2.18 bits per heavy atom. The number of rotatable bonds is 5. The van der Waals surface area contributed by atoms with E-state index in [1.165, 1.54) is 43.1 Å². The van der Waals surface area contributed by atoms with E-state index in [0.717, 1.165) is 16.7 Å².